The number of aliphatic hydroxyl groups excluding tert-OH is 3. The Bertz CT molecular complexity index is 1070. The Morgan fingerprint density at radius 3 is 2.71 bits per heavy atom. The number of benzene rings is 1. The summed E-state index contributed by atoms with van der Waals surface area (Å²) in [5.41, 5.74) is 10.1. The first-order valence-electron chi connectivity index (χ1n) is 9.66. The van der Waals surface area contributed by atoms with Crippen LogP contribution in [0, 0.1) is 0 Å². The van der Waals surface area contributed by atoms with E-state index in [1.807, 2.05) is 31.2 Å². The highest BCUT2D eigenvalue weighted by molar-refractivity contribution is 5.84. The maximum Gasteiger partial charge on any atom is 0.228 e. The van der Waals surface area contributed by atoms with Gasteiger partial charge in [-0.1, -0.05) is 0 Å². The van der Waals surface area contributed by atoms with Crippen molar-refractivity contribution in [3.63, 3.8) is 0 Å². The van der Waals surface area contributed by atoms with Crippen molar-refractivity contribution in [1.29, 1.82) is 0 Å². The Labute approximate surface area is 177 Å². The van der Waals surface area contributed by atoms with Gasteiger partial charge in [0.05, 0.1) is 19.4 Å². The van der Waals surface area contributed by atoms with Crippen LogP contribution in [0.15, 0.2) is 35.7 Å². The van der Waals surface area contributed by atoms with Gasteiger partial charge in [0.15, 0.2) is 23.2 Å². The molecule has 0 bridgehead atoms. The van der Waals surface area contributed by atoms with Crippen molar-refractivity contribution in [2.75, 3.05) is 24.4 Å². The Morgan fingerprint density at radius 2 is 2.03 bits per heavy atom. The van der Waals surface area contributed by atoms with E-state index in [9.17, 15) is 15.3 Å². The molecule has 12 heteroatoms. The molecule has 1 saturated heterocycles. The standard InChI is InChI=1S/C19H23N7O5/c1-2-30-11-5-3-10(4-6-11)7-23-25-19-24-13-16(20)21-9-22-17(13)26(19)18-15(29)14(28)12(8-27)31-18/h3-7,9,12,14-15,18,27-29H,2,8H2,1H3,(H,24,25)(H2,20,21,22)/b23-7-/t12-,14-,15-,18-/m0/s1. The van der Waals surface area contributed by atoms with Gasteiger partial charge in [0.1, 0.15) is 30.4 Å². The molecule has 4 atom stereocenters. The highest BCUT2D eigenvalue weighted by atomic mass is 16.6. The van der Waals surface area contributed by atoms with Crippen LogP contribution in [0.5, 0.6) is 5.75 Å². The number of anilines is 2. The molecule has 1 fully saturated rings. The third kappa shape index (κ3) is 4.01. The van der Waals surface area contributed by atoms with E-state index < -0.39 is 31.1 Å². The van der Waals surface area contributed by atoms with Crippen molar-refractivity contribution in [1.82, 2.24) is 19.5 Å². The van der Waals surface area contributed by atoms with Crippen molar-refractivity contribution < 1.29 is 24.8 Å². The number of hydrogen-bond donors (Lipinski definition) is 5. The van der Waals surface area contributed by atoms with Gasteiger partial charge in [-0.3, -0.25) is 4.57 Å². The van der Waals surface area contributed by atoms with Gasteiger partial charge in [-0.05, 0) is 36.8 Å². The van der Waals surface area contributed by atoms with E-state index in [1.165, 1.54) is 10.9 Å². The molecule has 2 aromatic heterocycles. The molecule has 0 aliphatic carbocycles. The first-order chi connectivity index (χ1) is 15.0. The highest BCUT2D eigenvalue weighted by Crippen LogP contribution is 2.35. The van der Waals surface area contributed by atoms with Crippen LogP contribution in [-0.4, -0.2) is 72.6 Å². The SMILES string of the molecule is CCOc1ccc(/C=N\Nc2nc3c(N)ncnc3n2[C@H]2O[C@@H](CO)[C@H](O)[C@@H]2O)cc1. The lowest BCUT2D eigenvalue weighted by molar-refractivity contribution is -0.0501. The molecular formula is C19H23N7O5. The van der Waals surface area contributed by atoms with Crippen molar-refractivity contribution in [3.05, 3.63) is 36.2 Å². The second-order valence-corrected chi connectivity index (χ2v) is 6.84. The fraction of sp³-hybridized carbons (Fsp3) is 0.368. The summed E-state index contributed by atoms with van der Waals surface area (Å²) in [7, 11) is 0. The van der Waals surface area contributed by atoms with E-state index in [0.717, 1.165) is 11.3 Å². The molecule has 0 radical (unpaired) electrons. The molecule has 1 aliphatic rings. The zero-order chi connectivity index (χ0) is 22.0. The van der Waals surface area contributed by atoms with Gasteiger partial charge in [-0.2, -0.15) is 5.10 Å². The summed E-state index contributed by atoms with van der Waals surface area (Å²) in [5.74, 6) is 1.06. The van der Waals surface area contributed by atoms with E-state index in [2.05, 4.69) is 25.5 Å². The number of hydrazone groups is 1. The normalized spacial score (nSPS) is 23.6. The minimum Gasteiger partial charge on any atom is -0.494 e. The number of aliphatic hydroxyl groups is 3. The van der Waals surface area contributed by atoms with Crippen molar-refractivity contribution in [2.45, 2.75) is 31.5 Å². The molecular weight excluding hydrogens is 406 g/mol. The third-order valence-corrected chi connectivity index (χ3v) is 4.85. The van der Waals surface area contributed by atoms with Crippen LogP contribution < -0.4 is 15.9 Å². The molecule has 4 rings (SSSR count). The molecule has 164 valence electrons. The smallest absolute Gasteiger partial charge is 0.228 e. The summed E-state index contributed by atoms with van der Waals surface area (Å²) in [4.78, 5) is 12.5. The predicted molar refractivity (Wildman–Crippen MR) is 112 cm³/mol. The Hall–Kier alpha value is -3.32. The highest BCUT2D eigenvalue weighted by Gasteiger charge is 2.45. The molecule has 12 nitrogen and oxygen atoms in total. The van der Waals surface area contributed by atoms with Crippen LogP contribution >= 0.6 is 0 Å². The molecule has 1 aromatic carbocycles. The fourth-order valence-electron chi connectivity index (χ4n) is 3.32. The van der Waals surface area contributed by atoms with E-state index >= 15 is 0 Å². The number of nitrogens with one attached hydrogen (secondary N) is 1. The average Bonchev–Trinajstić information content (AvgIpc) is 3.27. The number of nitrogen functional groups attached to an aromatic ring is 1. The monoisotopic (exact) mass is 429 g/mol. The topological polar surface area (TPSA) is 173 Å². The molecule has 0 unspecified atom stereocenters. The minimum absolute atomic E-state index is 0.133. The van der Waals surface area contributed by atoms with E-state index in [-0.39, 0.29) is 22.9 Å². The Kier molecular flexibility index (Phi) is 5.95. The summed E-state index contributed by atoms with van der Waals surface area (Å²) in [6.45, 7) is 2.03. The van der Waals surface area contributed by atoms with Crippen molar-refractivity contribution in [2.24, 2.45) is 5.10 Å². The average molecular weight is 429 g/mol. The number of imidazole rings is 1. The summed E-state index contributed by atoms with van der Waals surface area (Å²) in [5, 5.41) is 34.2. The van der Waals surface area contributed by atoms with Crippen LogP contribution in [0.3, 0.4) is 0 Å². The summed E-state index contributed by atoms with van der Waals surface area (Å²) < 4.78 is 12.5. The van der Waals surface area contributed by atoms with Gasteiger partial charge >= 0.3 is 0 Å². The molecule has 0 amide bonds. The van der Waals surface area contributed by atoms with Crippen LogP contribution in [-0.2, 0) is 4.74 Å². The lowest BCUT2D eigenvalue weighted by Crippen LogP contribution is -2.33. The van der Waals surface area contributed by atoms with Gasteiger partial charge < -0.3 is 30.5 Å². The summed E-state index contributed by atoms with van der Waals surface area (Å²) >= 11 is 0. The van der Waals surface area contributed by atoms with Crippen LogP contribution in [0.4, 0.5) is 11.8 Å². The number of nitrogens with two attached hydrogens (primary N) is 1. The second-order valence-electron chi connectivity index (χ2n) is 6.84. The van der Waals surface area contributed by atoms with Gasteiger partial charge in [0.2, 0.25) is 5.95 Å². The maximum absolute atomic E-state index is 10.5. The lowest BCUT2D eigenvalue weighted by Gasteiger charge is -2.18. The van der Waals surface area contributed by atoms with Gasteiger partial charge in [0, 0.05) is 0 Å². The van der Waals surface area contributed by atoms with Crippen LogP contribution in [0.25, 0.3) is 11.2 Å². The maximum atomic E-state index is 10.5. The Morgan fingerprint density at radius 1 is 1.26 bits per heavy atom. The first kappa shape index (κ1) is 20.9. The van der Waals surface area contributed by atoms with Gasteiger partial charge in [0.25, 0.3) is 0 Å². The van der Waals surface area contributed by atoms with E-state index in [0.29, 0.717) is 6.61 Å². The number of hydrogen-bond acceptors (Lipinski definition) is 11. The van der Waals surface area contributed by atoms with Gasteiger partial charge in [-0.25, -0.2) is 20.4 Å². The number of fused-ring (bicyclic) bond motifs is 1. The zero-order valence-electron chi connectivity index (χ0n) is 16.7. The van der Waals surface area contributed by atoms with Crippen LogP contribution in [0.2, 0.25) is 0 Å². The van der Waals surface area contributed by atoms with Gasteiger partial charge in [-0.15, -0.1) is 0 Å². The number of nitrogens with zero attached hydrogens (tertiary/aromatic N) is 5. The molecule has 1 aliphatic heterocycles. The first-order valence-corrected chi connectivity index (χ1v) is 9.66. The largest absolute Gasteiger partial charge is 0.494 e. The number of rotatable bonds is 7. The summed E-state index contributed by atoms with van der Waals surface area (Å²) in [6.07, 6.45) is -1.82. The quantitative estimate of drug-likeness (QED) is 0.251. The molecule has 6 N–H and O–H groups in total. The van der Waals surface area contributed by atoms with E-state index in [4.69, 9.17) is 15.2 Å². The lowest BCUT2D eigenvalue weighted by atomic mass is 10.1. The van der Waals surface area contributed by atoms with Crippen LogP contribution in [0.1, 0.15) is 18.7 Å². The molecule has 0 spiro atoms. The number of aromatic nitrogens is 4. The van der Waals surface area contributed by atoms with Crippen molar-refractivity contribution in [3.8, 4) is 5.75 Å². The molecule has 3 heterocycles. The van der Waals surface area contributed by atoms with E-state index in [1.54, 1.807) is 6.21 Å². The third-order valence-electron chi connectivity index (χ3n) is 4.85. The second kappa shape index (κ2) is 8.81. The fourth-order valence-corrected chi connectivity index (χ4v) is 3.32. The zero-order valence-corrected chi connectivity index (χ0v) is 16.7. The van der Waals surface area contributed by atoms with Crippen molar-refractivity contribution >= 4 is 29.1 Å². The summed E-state index contributed by atoms with van der Waals surface area (Å²) in [6, 6.07) is 7.34. The molecule has 0 saturated carbocycles. The molecule has 31 heavy (non-hydrogen) atoms. The number of ether oxygens (including phenoxy) is 2. The molecule has 3 aromatic rings. The minimum atomic E-state index is -1.33. The Balaban J connectivity index is 1.64. The predicted octanol–water partition coefficient (Wildman–Crippen LogP) is -0.135.